The zero-order valence-electron chi connectivity index (χ0n) is 34.6. The lowest BCUT2D eigenvalue weighted by atomic mass is 9.83. The van der Waals surface area contributed by atoms with E-state index in [1.807, 2.05) is 55.4 Å². The number of ketones is 1. The summed E-state index contributed by atoms with van der Waals surface area (Å²) in [4.78, 5) is 67.5. The molecule has 1 heterocycles. The van der Waals surface area contributed by atoms with Crippen LogP contribution in [0.1, 0.15) is 146 Å². The highest BCUT2D eigenvalue weighted by atomic mass is 32.1. The first-order chi connectivity index (χ1) is 24.9. The first-order valence-electron chi connectivity index (χ1n) is 20.3. The van der Waals surface area contributed by atoms with Gasteiger partial charge in [-0.05, 0) is 68.6 Å². The third-order valence-corrected chi connectivity index (χ3v) is 9.05. The first-order valence-corrected chi connectivity index (χ1v) is 20.9. The molecule has 0 aromatic carbocycles. The fourth-order valence-electron chi connectivity index (χ4n) is 6.19. The van der Waals surface area contributed by atoms with Crippen molar-refractivity contribution in [2.75, 3.05) is 31.9 Å². The second-order valence-corrected chi connectivity index (χ2v) is 14.6. The summed E-state index contributed by atoms with van der Waals surface area (Å²) in [6.45, 7) is 25.3. The molecule has 0 bridgehead atoms. The molecule has 0 radical (unpaired) electrons. The van der Waals surface area contributed by atoms with E-state index in [1.54, 1.807) is 0 Å². The molecule has 2 rings (SSSR count). The monoisotopic (exact) mass is 755 g/mol. The van der Waals surface area contributed by atoms with Crippen molar-refractivity contribution in [3.8, 4) is 0 Å². The molecule has 1 aliphatic heterocycles. The molecule has 0 aromatic rings. The number of rotatable bonds is 18. The Morgan fingerprint density at radius 3 is 2.04 bits per heavy atom. The molecule has 0 spiro atoms. The van der Waals surface area contributed by atoms with Crippen LogP contribution in [0.2, 0.25) is 0 Å². The highest BCUT2D eigenvalue weighted by molar-refractivity contribution is 7.80. The fourth-order valence-corrected chi connectivity index (χ4v) is 6.41. The molecule has 304 valence electrons. The number of carbonyl (C=O) groups is 5. The Morgan fingerprint density at radius 2 is 1.50 bits per heavy atom. The van der Waals surface area contributed by atoms with Crippen molar-refractivity contribution >= 4 is 42.2 Å². The van der Waals surface area contributed by atoms with Gasteiger partial charge in [-0.1, -0.05) is 107 Å². The van der Waals surface area contributed by atoms with Gasteiger partial charge in [0.25, 0.3) is 5.91 Å². The van der Waals surface area contributed by atoms with Crippen LogP contribution in [0.15, 0.2) is 12.7 Å². The molecule has 4 atom stereocenters. The van der Waals surface area contributed by atoms with E-state index >= 15 is 0 Å². The maximum absolute atomic E-state index is 14.0. The number of nitrogens with zero attached hydrogens (tertiary/aromatic N) is 1. The molecule has 2 fully saturated rings. The average Bonchev–Trinajstić information content (AvgIpc) is 3.64. The van der Waals surface area contributed by atoms with Crippen LogP contribution in [0.4, 0.5) is 4.79 Å². The maximum atomic E-state index is 14.0. The number of carbonyl (C=O) groups excluding carboxylic acids is 5. The summed E-state index contributed by atoms with van der Waals surface area (Å²) < 4.78 is 0. The highest BCUT2D eigenvalue weighted by Gasteiger charge is 2.43. The Labute approximate surface area is 323 Å². The third-order valence-electron chi connectivity index (χ3n) is 8.73. The predicted octanol–water partition coefficient (Wildman–Crippen LogP) is 6.56. The van der Waals surface area contributed by atoms with E-state index in [4.69, 9.17) is 0 Å². The van der Waals surface area contributed by atoms with E-state index in [1.165, 1.54) is 23.8 Å². The number of hydrogen-bond acceptors (Lipinski definition) is 7. The van der Waals surface area contributed by atoms with Crippen LogP contribution in [-0.2, 0) is 19.2 Å². The lowest BCUT2D eigenvalue weighted by Crippen LogP contribution is -2.61. The quantitative estimate of drug-likeness (QED) is 0.0404. The summed E-state index contributed by atoms with van der Waals surface area (Å²) in [5, 5.41) is 14.8. The molecule has 11 nitrogen and oxygen atoms in total. The van der Waals surface area contributed by atoms with Gasteiger partial charge in [-0.25, -0.2) is 4.79 Å². The Bertz CT molecular complexity index is 1010. The molecule has 1 saturated carbocycles. The van der Waals surface area contributed by atoms with Crippen molar-refractivity contribution in [3.05, 3.63) is 12.7 Å². The second kappa shape index (κ2) is 30.8. The molecule has 1 aliphatic carbocycles. The minimum Gasteiger partial charge on any atom is -0.346 e. The number of thiol groups is 1. The lowest BCUT2D eigenvalue weighted by Gasteiger charge is -2.37. The Hall–Kier alpha value is -2.60. The lowest BCUT2D eigenvalue weighted by molar-refractivity contribution is -0.143. The number of amides is 5. The molecule has 0 aromatic heterocycles. The van der Waals surface area contributed by atoms with Crippen LogP contribution < -0.4 is 26.6 Å². The van der Waals surface area contributed by atoms with Crippen molar-refractivity contribution in [3.63, 3.8) is 0 Å². The van der Waals surface area contributed by atoms with Crippen molar-refractivity contribution in [2.24, 2.45) is 11.3 Å². The zero-order chi connectivity index (χ0) is 40.1. The molecule has 5 N–H and O–H groups in total. The summed E-state index contributed by atoms with van der Waals surface area (Å²) in [5.41, 5.74) is -0.632. The molecule has 12 heteroatoms. The van der Waals surface area contributed by atoms with Crippen LogP contribution in [-0.4, -0.2) is 90.5 Å². The average molecular weight is 755 g/mol. The van der Waals surface area contributed by atoms with Gasteiger partial charge in [0.15, 0.2) is 0 Å². The van der Waals surface area contributed by atoms with Gasteiger partial charge < -0.3 is 31.5 Å². The number of nitrogens with one attached hydrogen (secondary N) is 5. The van der Waals surface area contributed by atoms with Gasteiger partial charge in [0.05, 0.1) is 6.04 Å². The second-order valence-electron chi connectivity index (χ2n) is 14.2. The van der Waals surface area contributed by atoms with E-state index < -0.39 is 47.2 Å². The third kappa shape index (κ3) is 20.0. The van der Waals surface area contributed by atoms with Crippen LogP contribution in [0.3, 0.4) is 0 Å². The Balaban J connectivity index is 0. The highest BCUT2D eigenvalue weighted by Crippen LogP contribution is 2.28. The summed E-state index contributed by atoms with van der Waals surface area (Å²) in [7, 11) is 0. The predicted molar refractivity (Wildman–Crippen MR) is 220 cm³/mol. The standard InChI is InChI=1S/C33H58N6O5S.C3H8.2C2H6/c1-6-14-24(27(40)30(42)35-18-7-2)36-29(41)26-17-13-20-39(26)31(43)28(33(3,4)5)38-32(44)37-25(22-34-19-11-12-21-45)23-15-9-8-10-16-23;1-3-2;2*1-2/h7,23-26,28,34,45H,2,6,8-22H2,1,3-5H3,(H,35,42)(H,36,41)(H2,37,38,44);3H2,1-2H3;2*1-2H3. The molecule has 1 saturated heterocycles. The molecule has 5 amide bonds. The van der Waals surface area contributed by atoms with E-state index in [0.29, 0.717) is 44.7 Å². The number of hydrogen-bond donors (Lipinski definition) is 6. The van der Waals surface area contributed by atoms with Gasteiger partial charge in [0.1, 0.15) is 12.1 Å². The van der Waals surface area contributed by atoms with Gasteiger partial charge in [-0.3, -0.25) is 19.2 Å². The van der Waals surface area contributed by atoms with Crippen molar-refractivity contribution in [1.29, 1.82) is 0 Å². The van der Waals surface area contributed by atoms with Crippen molar-refractivity contribution in [1.82, 2.24) is 31.5 Å². The summed E-state index contributed by atoms with van der Waals surface area (Å²) >= 11 is 4.28. The molecular weight excluding hydrogens is 677 g/mol. The number of likely N-dealkylation sites (tertiary alicyclic amines) is 1. The fraction of sp³-hybridized carbons (Fsp3) is 0.825. The van der Waals surface area contributed by atoms with Crippen molar-refractivity contribution in [2.45, 2.75) is 170 Å². The molecule has 52 heavy (non-hydrogen) atoms. The smallest absolute Gasteiger partial charge is 0.315 e. The van der Waals surface area contributed by atoms with E-state index in [2.05, 4.69) is 59.6 Å². The van der Waals surface area contributed by atoms with Gasteiger partial charge >= 0.3 is 6.03 Å². The van der Waals surface area contributed by atoms with Crippen LogP contribution in [0, 0.1) is 11.3 Å². The molecule has 4 unspecified atom stereocenters. The minimum atomic E-state index is -0.990. The van der Waals surface area contributed by atoms with Gasteiger partial charge in [-0.2, -0.15) is 12.6 Å². The van der Waals surface area contributed by atoms with Gasteiger partial charge in [0, 0.05) is 25.7 Å². The SMILES string of the molecule is C=CCNC(=O)C(=O)C(CCC)NC(=O)C1CCCN1C(=O)C(NC(=O)NC(CNCCCCS)C1CCCCC1)C(C)(C)C.CC.CC.CCC. The Kier molecular flexibility index (Phi) is 30.5. The van der Waals surface area contributed by atoms with Crippen LogP contribution in [0.5, 0.6) is 0 Å². The summed E-state index contributed by atoms with van der Waals surface area (Å²) in [6.07, 6.45) is 12.3. The maximum Gasteiger partial charge on any atom is 0.315 e. The number of Topliss-reactive ketones (excluding diaryl/α,β-unsaturated/α-hetero) is 1. The first kappa shape index (κ1) is 51.5. The summed E-state index contributed by atoms with van der Waals surface area (Å²) in [6, 6.07) is -3.11. The summed E-state index contributed by atoms with van der Waals surface area (Å²) in [5.74, 6) is -1.09. The number of urea groups is 1. The van der Waals surface area contributed by atoms with E-state index in [-0.39, 0.29) is 18.5 Å². The van der Waals surface area contributed by atoms with E-state index in [0.717, 1.165) is 50.8 Å². The topological polar surface area (TPSA) is 149 Å². The van der Waals surface area contributed by atoms with Gasteiger partial charge in [-0.15, -0.1) is 6.58 Å². The van der Waals surface area contributed by atoms with Crippen LogP contribution >= 0.6 is 12.6 Å². The number of unbranched alkanes of at least 4 members (excludes halogenated alkanes) is 1. The minimum absolute atomic E-state index is 0.0564. The van der Waals surface area contributed by atoms with Crippen LogP contribution in [0.25, 0.3) is 0 Å². The molecule has 2 aliphatic rings. The largest absolute Gasteiger partial charge is 0.346 e. The van der Waals surface area contributed by atoms with Crippen molar-refractivity contribution < 1.29 is 24.0 Å². The van der Waals surface area contributed by atoms with E-state index in [9.17, 15) is 24.0 Å². The normalized spacial score (nSPS) is 17.2. The molecular formula is C40H78N6O5S. The Morgan fingerprint density at radius 1 is 0.885 bits per heavy atom. The zero-order valence-corrected chi connectivity index (χ0v) is 35.5. The van der Waals surface area contributed by atoms with Gasteiger partial charge in [0.2, 0.25) is 17.6 Å².